The van der Waals surface area contributed by atoms with Gasteiger partial charge in [0, 0.05) is 12.8 Å². The number of amides is 1. The topological polar surface area (TPSA) is 118 Å². The Kier molecular flexibility index (Phi) is 17.4. The van der Waals surface area contributed by atoms with Gasteiger partial charge in [0.05, 0.1) is 64.4 Å². The summed E-state index contributed by atoms with van der Waals surface area (Å²) in [4.78, 5) is 20.1. The van der Waals surface area contributed by atoms with Gasteiger partial charge in [0.15, 0.2) is 11.4 Å². The van der Waals surface area contributed by atoms with Crippen molar-refractivity contribution in [3.05, 3.63) is 215 Å². The molecule has 6 aromatic carbocycles. The van der Waals surface area contributed by atoms with Crippen LogP contribution in [0, 0.1) is 5.92 Å². The molecule has 12 nitrogen and oxygen atoms in total. The lowest BCUT2D eigenvalue weighted by atomic mass is 9.95. The zero-order valence-corrected chi connectivity index (χ0v) is 40.1. The van der Waals surface area contributed by atoms with E-state index in [4.69, 9.17) is 50.2 Å². The molecule has 364 valence electrons. The van der Waals surface area contributed by atoms with Crippen LogP contribution in [-0.4, -0.2) is 84.2 Å². The Bertz CT molecular complexity index is 2500. The van der Waals surface area contributed by atoms with Gasteiger partial charge in [-0.1, -0.05) is 182 Å². The second-order valence-corrected chi connectivity index (χ2v) is 18.3. The van der Waals surface area contributed by atoms with Crippen LogP contribution >= 0.6 is 12.2 Å². The lowest BCUT2D eigenvalue weighted by molar-refractivity contribution is -0.310. The fraction of sp³-hybridized carbons (Fsp3) is 0.333. The molecule has 3 aliphatic rings. The molecule has 0 spiro atoms. The molecule has 1 saturated carbocycles. The van der Waals surface area contributed by atoms with Crippen molar-refractivity contribution < 1.29 is 42.8 Å². The Labute approximate surface area is 416 Å². The van der Waals surface area contributed by atoms with Crippen molar-refractivity contribution in [2.75, 3.05) is 13.2 Å². The maximum atomic E-state index is 13.5. The summed E-state index contributed by atoms with van der Waals surface area (Å²) in [5.41, 5.74) is 5.96. The van der Waals surface area contributed by atoms with Crippen LogP contribution in [0.2, 0.25) is 0 Å². The van der Waals surface area contributed by atoms with E-state index in [0.29, 0.717) is 24.9 Å². The van der Waals surface area contributed by atoms with Crippen LogP contribution in [0.3, 0.4) is 0 Å². The quantitative estimate of drug-likeness (QED) is 0.0600. The molecule has 10 atom stereocenters. The van der Waals surface area contributed by atoms with Crippen molar-refractivity contribution in [3.63, 3.8) is 0 Å². The molecule has 3 fully saturated rings. The third-order valence-electron chi connectivity index (χ3n) is 12.9. The highest BCUT2D eigenvalue weighted by molar-refractivity contribution is 7.80. The van der Waals surface area contributed by atoms with Gasteiger partial charge >= 0.3 is 0 Å². The molecule has 0 aromatic heterocycles. The van der Waals surface area contributed by atoms with Gasteiger partial charge < -0.3 is 43.8 Å². The van der Waals surface area contributed by atoms with E-state index in [9.17, 15) is 4.79 Å². The highest BCUT2D eigenvalue weighted by Crippen LogP contribution is 2.42. The minimum Gasteiger partial charge on any atom is -0.376 e. The van der Waals surface area contributed by atoms with Crippen molar-refractivity contribution in [1.29, 1.82) is 0 Å². The standard InChI is InChI=1S/C57H61N3O9S/c1-40(61)58-50-55(66-36-45-28-16-6-17-29-45)53(64-34-43-24-12-4-13-25-43)48(39-63-33-42-22-10-3-11-23-42)68-56(50)69-52-47(38-62-32-41-20-8-2-9-21-41)51-49(54(52)65-35-44-26-14-5-15-27-44)59-57(70)60(51)67-37-46-30-18-7-19-31-46/h2-31,47-56H,32-39H2,1H3,(H,58,61)(H,59,70)/t47-,48+,49-,50+,51-,52+,53+,54+,55+,56-/m0/s1. The van der Waals surface area contributed by atoms with Crippen LogP contribution in [0.1, 0.15) is 40.3 Å². The van der Waals surface area contributed by atoms with Crippen molar-refractivity contribution in [1.82, 2.24) is 15.7 Å². The molecule has 2 aliphatic heterocycles. The van der Waals surface area contributed by atoms with Crippen molar-refractivity contribution in [2.24, 2.45) is 5.92 Å². The second kappa shape index (κ2) is 24.8. The minimum atomic E-state index is -1.08. The number of benzene rings is 6. The van der Waals surface area contributed by atoms with Crippen LogP contribution in [0.5, 0.6) is 0 Å². The van der Waals surface area contributed by atoms with Gasteiger partial charge in [-0.3, -0.25) is 9.63 Å². The minimum absolute atomic E-state index is 0.136. The zero-order valence-electron chi connectivity index (χ0n) is 39.3. The molecule has 2 heterocycles. The van der Waals surface area contributed by atoms with Gasteiger partial charge in [-0.15, -0.1) is 0 Å². The van der Waals surface area contributed by atoms with E-state index in [0.717, 1.165) is 33.4 Å². The monoisotopic (exact) mass is 963 g/mol. The number of hydroxylamine groups is 2. The maximum absolute atomic E-state index is 13.5. The van der Waals surface area contributed by atoms with Crippen molar-refractivity contribution in [2.45, 2.75) is 102 Å². The first-order chi connectivity index (χ1) is 34.5. The van der Waals surface area contributed by atoms with Gasteiger partial charge in [-0.2, -0.15) is 0 Å². The lowest BCUT2D eigenvalue weighted by Crippen LogP contribution is -2.67. The van der Waals surface area contributed by atoms with Gasteiger partial charge in [0.25, 0.3) is 0 Å². The third kappa shape index (κ3) is 12.9. The smallest absolute Gasteiger partial charge is 0.217 e. The molecule has 0 radical (unpaired) electrons. The second-order valence-electron chi connectivity index (χ2n) is 17.9. The van der Waals surface area contributed by atoms with Crippen molar-refractivity contribution >= 4 is 23.2 Å². The molecule has 1 aliphatic carbocycles. The number of carbonyl (C=O) groups is 1. The highest BCUT2D eigenvalue weighted by atomic mass is 32.1. The SMILES string of the molecule is CC(=O)N[C@H]1[C@H](O[C@@H]2[C@@H](COCc3ccccc3)[C@H]3[C@H](NC(=S)N3OCc3ccccc3)[C@H]2OCc2ccccc2)O[C@H](COCc2ccccc2)[C@@H](OCc2ccccc2)[C@@H]1OCc1ccccc1. The predicted molar refractivity (Wildman–Crippen MR) is 268 cm³/mol. The average Bonchev–Trinajstić information content (AvgIpc) is 3.86. The predicted octanol–water partition coefficient (Wildman–Crippen LogP) is 8.48. The molecular weight excluding hydrogens is 903 g/mol. The van der Waals surface area contributed by atoms with Crippen LogP contribution in [0.4, 0.5) is 0 Å². The molecule has 2 saturated heterocycles. The van der Waals surface area contributed by atoms with E-state index in [2.05, 4.69) is 10.6 Å². The summed E-state index contributed by atoms with van der Waals surface area (Å²) in [5.74, 6) is -0.685. The summed E-state index contributed by atoms with van der Waals surface area (Å²) in [6, 6.07) is 58.3. The van der Waals surface area contributed by atoms with Gasteiger partial charge in [-0.05, 0) is 45.6 Å². The molecule has 0 bridgehead atoms. The third-order valence-corrected chi connectivity index (χ3v) is 13.2. The summed E-state index contributed by atoms with van der Waals surface area (Å²) < 4.78 is 48.5. The number of nitrogens with zero attached hydrogens (tertiary/aromatic N) is 1. The normalized spacial score (nSPS) is 25.0. The maximum Gasteiger partial charge on any atom is 0.217 e. The van der Waals surface area contributed by atoms with Crippen LogP contribution in [-0.2, 0) is 82.4 Å². The van der Waals surface area contributed by atoms with E-state index in [1.807, 2.05) is 182 Å². The highest BCUT2D eigenvalue weighted by Gasteiger charge is 2.61. The molecule has 2 N–H and O–H groups in total. The first-order valence-electron chi connectivity index (χ1n) is 24.0. The first-order valence-corrected chi connectivity index (χ1v) is 24.4. The molecule has 6 aromatic rings. The number of rotatable bonds is 23. The van der Waals surface area contributed by atoms with Gasteiger partial charge in [0.2, 0.25) is 5.91 Å². The number of ether oxygens (including phenoxy) is 7. The Balaban J connectivity index is 1.08. The van der Waals surface area contributed by atoms with E-state index in [1.54, 1.807) is 5.06 Å². The number of nitrogens with one attached hydrogen (secondary N) is 2. The van der Waals surface area contributed by atoms with E-state index in [1.165, 1.54) is 6.92 Å². The zero-order chi connectivity index (χ0) is 47.9. The first kappa shape index (κ1) is 49.2. The number of hydrogen-bond acceptors (Lipinski definition) is 10. The Morgan fingerprint density at radius 1 is 0.543 bits per heavy atom. The number of thiocarbonyl (C=S) groups is 1. The van der Waals surface area contributed by atoms with E-state index >= 15 is 0 Å². The van der Waals surface area contributed by atoms with Gasteiger partial charge in [0.1, 0.15) is 37.1 Å². The average molecular weight is 964 g/mol. The molecular formula is C57H61N3O9S. The summed E-state index contributed by atoms with van der Waals surface area (Å²) in [5, 5.41) is 9.01. The summed E-state index contributed by atoms with van der Waals surface area (Å²) in [6.45, 7) is 3.66. The Morgan fingerprint density at radius 2 is 0.957 bits per heavy atom. The van der Waals surface area contributed by atoms with Crippen LogP contribution < -0.4 is 10.6 Å². The van der Waals surface area contributed by atoms with Crippen LogP contribution in [0.15, 0.2) is 182 Å². The van der Waals surface area contributed by atoms with Crippen molar-refractivity contribution in [3.8, 4) is 0 Å². The Hall–Kier alpha value is -5.84. The van der Waals surface area contributed by atoms with E-state index < -0.39 is 54.8 Å². The largest absolute Gasteiger partial charge is 0.376 e. The van der Waals surface area contributed by atoms with Crippen LogP contribution in [0.25, 0.3) is 0 Å². The van der Waals surface area contributed by atoms with Gasteiger partial charge in [-0.25, -0.2) is 5.06 Å². The fourth-order valence-electron chi connectivity index (χ4n) is 9.52. The molecule has 9 rings (SSSR count). The molecule has 0 unspecified atom stereocenters. The summed E-state index contributed by atoms with van der Waals surface area (Å²) in [7, 11) is 0. The fourth-order valence-corrected chi connectivity index (χ4v) is 9.83. The molecule has 70 heavy (non-hydrogen) atoms. The molecule has 13 heteroatoms. The number of fused-ring (bicyclic) bond motifs is 1. The summed E-state index contributed by atoms with van der Waals surface area (Å²) in [6.07, 6.45) is -4.58. The van der Waals surface area contributed by atoms with E-state index in [-0.39, 0.29) is 45.0 Å². The lowest BCUT2D eigenvalue weighted by Gasteiger charge is -2.47. The Morgan fingerprint density at radius 3 is 1.43 bits per heavy atom. The number of carbonyl (C=O) groups excluding carboxylic acids is 1. The molecule has 1 amide bonds. The summed E-state index contributed by atoms with van der Waals surface area (Å²) >= 11 is 6.03. The number of hydrogen-bond donors (Lipinski definition) is 2.